The summed E-state index contributed by atoms with van der Waals surface area (Å²) in [6.45, 7) is 4.31. The molecular formula is C21H20N4O4S. The Labute approximate surface area is 177 Å². The van der Waals surface area contributed by atoms with Crippen molar-refractivity contribution in [3.8, 4) is 23.0 Å². The number of aryl methyl sites for hydroxylation is 2. The van der Waals surface area contributed by atoms with E-state index >= 15 is 0 Å². The van der Waals surface area contributed by atoms with Gasteiger partial charge in [0.1, 0.15) is 11.5 Å². The van der Waals surface area contributed by atoms with Crippen LogP contribution in [0.25, 0.3) is 11.5 Å². The van der Waals surface area contributed by atoms with Gasteiger partial charge in [-0.3, -0.25) is 0 Å². The zero-order valence-electron chi connectivity index (χ0n) is 16.8. The molecule has 0 aliphatic carbocycles. The number of nitrogens with zero attached hydrogens (tertiary/aromatic N) is 4. The minimum atomic E-state index is 0.205. The second-order valence-corrected chi connectivity index (χ2v) is 7.44. The number of benzene rings is 2. The molecule has 0 aliphatic rings. The van der Waals surface area contributed by atoms with Crippen molar-refractivity contribution in [1.82, 2.24) is 20.4 Å². The van der Waals surface area contributed by atoms with E-state index in [1.54, 1.807) is 7.11 Å². The molecular weight excluding hydrogens is 404 g/mol. The predicted octanol–water partition coefficient (Wildman–Crippen LogP) is 4.62. The van der Waals surface area contributed by atoms with Crippen LogP contribution in [0.3, 0.4) is 0 Å². The molecule has 0 fully saturated rings. The molecule has 0 radical (unpaired) electrons. The van der Waals surface area contributed by atoms with Crippen molar-refractivity contribution < 1.29 is 18.3 Å². The molecule has 0 aliphatic heterocycles. The molecule has 0 amide bonds. The van der Waals surface area contributed by atoms with Gasteiger partial charge in [-0.1, -0.05) is 23.9 Å². The van der Waals surface area contributed by atoms with Gasteiger partial charge in [-0.05, 0) is 55.3 Å². The van der Waals surface area contributed by atoms with Crippen molar-refractivity contribution in [3.05, 3.63) is 65.4 Å². The Balaban J connectivity index is 1.32. The molecule has 4 rings (SSSR count). The van der Waals surface area contributed by atoms with E-state index in [0.29, 0.717) is 28.6 Å². The van der Waals surface area contributed by atoms with Gasteiger partial charge >= 0.3 is 0 Å². The average molecular weight is 424 g/mol. The summed E-state index contributed by atoms with van der Waals surface area (Å²) in [5.41, 5.74) is 3.18. The van der Waals surface area contributed by atoms with Gasteiger partial charge in [0.15, 0.2) is 6.61 Å². The number of aromatic nitrogens is 4. The Hall–Kier alpha value is -3.33. The standard InChI is InChI=1S/C21H20N4O4S/c1-13-7-8-17(9-14(13)2)27-11-18-22-25-21(29-18)30-12-19-23-24-20(28-19)15-5-4-6-16(10-15)26-3/h4-10H,11-12H2,1-3H3. The molecule has 2 aromatic heterocycles. The zero-order valence-corrected chi connectivity index (χ0v) is 17.6. The van der Waals surface area contributed by atoms with Crippen LogP contribution in [-0.2, 0) is 12.4 Å². The van der Waals surface area contributed by atoms with Crippen LogP contribution in [0.15, 0.2) is 56.5 Å². The van der Waals surface area contributed by atoms with Gasteiger partial charge in [0.2, 0.25) is 11.8 Å². The highest BCUT2D eigenvalue weighted by molar-refractivity contribution is 7.98. The summed E-state index contributed by atoms with van der Waals surface area (Å²) in [6, 6.07) is 13.4. The van der Waals surface area contributed by atoms with E-state index in [4.69, 9.17) is 18.3 Å². The lowest BCUT2D eigenvalue weighted by molar-refractivity contribution is 0.252. The predicted molar refractivity (Wildman–Crippen MR) is 110 cm³/mol. The van der Waals surface area contributed by atoms with Crippen LogP contribution < -0.4 is 9.47 Å². The average Bonchev–Trinajstić information content (AvgIpc) is 3.42. The summed E-state index contributed by atoms with van der Waals surface area (Å²) in [5.74, 6) is 3.20. The fourth-order valence-electron chi connectivity index (χ4n) is 2.61. The highest BCUT2D eigenvalue weighted by Crippen LogP contribution is 2.26. The van der Waals surface area contributed by atoms with Gasteiger partial charge in [0, 0.05) is 5.56 Å². The minimum absolute atomic E-state index is 0.205. The van der Waals surface area contributed by atoms with Crippen molar-refractivity contribution in [3.63, 3.8) is 0 Å². The number of hydrogen-bond acceptors (Lipinski definition) is 9. The van der Waals surface area contributed by atoms with E-state index < -0.39 is 0 Å². The smallest absolute Gasteiger partial charge is 0.277 e. The summed E-state index contributed by atoms with van der Waals surface area (Å²) < 4.78 is 22.3. The Morgan fingerprint density at radius 2 is 1.73 bits per heavy atom. The molecule has 9 heteroatoms. The highest BCUT2D eigenvalue weighted by atomic mass is 32.2. The fourth-order valence-corrected chi connectivity index (χ4v) is 3.23. The first-order valence-electron chi connectivity index (χ1n) is 9.23. The Kier molecular flexibility index (Phi) is 5.99. The quantitative estimate of drug-likeness (QED) is 0.375. The second-order valence-electron chi connectivity index (χ2n) is 6.52. The van der Waals surface area contributed by atoms with Crippen molar-refractivity contribution in [1.29, 1.82) is 0 Å². The number of hydrogen-bond donors (Lipinski definition) is 0. The van der Waals surface area contributed by atoms with Crippen LogP contribution >= 0.6 is 11.8 Å². The second kappa shape index (κ2) is 9.00. The lowest BCUT2D eigenvalue weighted by atomic mass is 10.1. The molecule has 2 heterocycles. The third-order valence-corrected chi connectivity index (χ3v) is 5.19. The maximum Gasteiger partial charge on any atom is 0.277 e. The maximum absolute atomic E-state index is 5.72. The highest BCUT2D eigenvalue weighted by Gasteiger charge is 2.13. The lowest BCUT2D eigenvalue weighted by Gasteiger charge is -2.05. The number of methoxy groups -OCH3 is 1. The van der Waals surface area contributed by atoms with Crippen LogP contribution in [-0.4, -0.2) is 27.5 Å². The van der Waals surface area contributed by atoms with Crippen LogP contribution in [0.5, 0.6) is 11.5 Å². The molecule has 0 bridgehead atoms. The molecule has 0 spiro atoms. The van der Waals surface area contributed by atoms with E-state index in [2.05, 4.69) is 27.3 Å². The topological polar surface area (TPSA) is 96.3 Å². The lowest BCUT2D eigenvalue weighted by Crippen LogP contribution is -1.96. The minimum Gasteiger partial charge on any atom is -0.497 e. The Bertz CT molecular complexity index is 1140. The monoisotopic (exact) mass is 424 g/mol. The number of thioether (sulfide) groups is 1. The van der Waals surface area contributed by atoms with Crippen LogP contribution in [0.2, 0.25) is 0 Å². The molecule has 154 valence electrons. The number of rotatable bonds is 8. The third-order valence-electron chi connectivity index (χ3n) is 4.39. The van der Waals surface area contributed by atoms with Crippen molar-refractivity contribution >= 4 is 11.8 Å². The van der Waals surface area contributed by atoms with Gasteiger partial charge in [0.05, 0.1) is 12.9 Å². The molecule has 30 heavy (non-hydrogen) atoms. The molecule has 0 saturated heterocycles. The molecule has 0 N–H and O–H groups in total. The van der Waals surface area contributed by atoms with Crippen LogP contribution in [0, 0.1) is 13.8 Å². The molecule has 0 saturated carbocycles. The van der Waals surface area contributed by atoms with E-state index in [0.717, 1.165) is 17.1 Å². The normalized spacial score (nSPS) is 10.9. The first-order chi connectivity index (χ1) is 14.6. The fraction of sp³-hybridized carbons (Fsp3) is 0.238. The summed E-state index contributed by atoms with van der Waals surface area (Å²) in [7, 11) is 1.61. The third kappa shape index (κ3) is 4.80. The van der Waals surface area contributed by atoms with E-state index in [-0.39, 0.29) is 6.61 Å². The maximum atomic E-state index is 5.72. The SMILES string of the molecule is COc1cccc(-c2nnc(CSc3nnc(COc4ccc(C)c(C)c4)o3)o2)c1. The Morgan fingerprint density at radius 1 is 0.867 bits per heavy atom. The van der Waals surface area contributed by atoms with E-state index in [9.17, 15) is 0 Å². The largest absolute Gasteiger partial charge is 0.497 e. The summed E-state index contributed by atoms with van der Waals surface area (Å²) in [5, 5.41) is 16.6. The van der Waals surface area contributed by atoms with Crippen LogP contribution in [0.4, 0.5) is 0 Å². The Morgan fingerprint density at radius 3 is 2.57 bits per heavy atom. The first kappa shape index (κ1) is 20.0. The molecule has 4 aromatic rings. The summed E-state index contributed by atoms with van der Waals surface area (Å²) in [4.78, 5) is 0. The summed E-state index contributed by atoms with van der Waals surface area (Å²) in [6.07, 6.45) is 0. The number of ether oxygens (including phenoxy) is 2. The van der Waals surface area contributed by atoms with Gasteiger partial charge in [-0.15, -0.1) is 20.4 Å². The van der Waals surface area contributed by atoms with E-state index in [1.165, 1.54) is 22.9 Å². The molecule has 0 atom stereocenters. The van der Waals surface area contributed by atoms with Gasteiger partial charge < -0.3 is 18.3 Å². The van der Waals surface area contributed by atoms with E-state index in [1.807, 2.05) is 49.4 Å². The van der Waals surface area contributed by atoms with Gasteiger partial charge in [-0.25, -0.2) is 0 Å². The van der Waals surface area contributed by atoms with Crippen molar-refractivity contribution in [2.75, 3.05) is 7.11 Å². The molecule has 2 aromatic carbocycles. The van der Waals surface area contributed by atoms with Crippen molar-refractivity contribution in [2.45, 2.75) is 31.4 Å². The molecule has 8 nitrogen and oxygen atoms in total. The van der Waals surface area contributed by atoms with Gasteiger partial charge in [-0.2, -0.15) is 0 Å². The zero-order chi connectivity index (χ0) is 20.9. The summed E-state index contributed by atoms with van der Waals surface area (Å²) >= 11 is 1.32. The molecule has 0 unspecified atom stereocenters. The van der Waals surface area contributed by atoms with Crippen molar-refractivity contribution in [2.24, 2.45) is 0 Å². The van der Waals surface area contributed by atoms with Gasteiger partial charge in [0.25, 0.3) is 11.1 Å². The first-order valence-corrected chi connectivity index (χ1v) is 10.2. The van der Waals surface area contributed by atoms with Crippen LogP contribution in [0.1, 0.15) is 22.9 Å².